The molecule has 0 unspecified atom stereocenters. The zero-order valence-electron chi connectivity index (χ0n) is 14.9. The molecule has 1 aromatic carbocycles. The first kappa shape index (κ1) is 17.6. The van der Waals surface area contributed by atoms with E-state index in [2.05, 4.69) is 15.5 Å². The van der Waals surface area contributed by atoms with Gasteiger partial charge < -0.3 is 20.3 Å². The number of aryl methyl sites for hydroxylation is 2. The van der Waals surface area contributed by atoms with Crippen LogP contribution in [0.4, 0.5) is 5.82 Å². The van der Waals surface area contributed by atoms with Crippen LogP contribution >= 0.6 is 0 Å². The van der Waals surface area contributed by atoms with E-state index in [1.54, 1.807) is 26.2 Å². The highest BCUT2D eigenvalue weighted by Crippen LogP contribution is 2.28. The fourth-order valence-corrected chi connectivity index (χ4v) is 2.71. The van der Waals surface area contributed by atoms with Crippen LogP contribution in [0.1, 0.15) is 27.5 Å². The summed E-state index contributed by atoms with van der Waals surface area (Å²) in [4.78, 5) is 16.9. The molecule has 0 atom stereocenters. The van der Waals surface area contributed by atoms with Gasteiger partial charge in [-0.05, 0) is 48.7 Å². The summed E-state index contributed by atoms with van der Waals surface area (Å²) >= 11 is 0. The number of hydrogen-bond acceptors (Lipinski definition) is 6. The summed E-state index contributed by atoms with van der Waals surface area (Å²) in [5.74, 6) is 1.36. The molecule has 0 spiro atoms. The molecule has 134 valence electrons. The van der Waals surface area contributed by atoms with Crippen LogP contribution in [0.5, 0.6) is 5.75 Å². The van der Waals surface area contributed by atoms with E-state index in [-0.39, 0.29) is 11.6 Å². The number of carbonyl (C=O) groups excluding carboxylic acids is 1. The standard InChI is InChI=1S/C19H20N4O3/c1-11-8-18(23-26-11)22-19(24)17-9-15(16(10-20)12(2)21-17)13-4-6-14(25-3)7-5-13/h4-9H,10,20H2,1-3H3,(H,22,23,24). The molecule has 1 amide bonds. The number of aromatic nitrogens is 2. The van der Waals surface area contributed by atoms with E-state index in [0.717, 1.165) is 22.4 Å². The molecule has 0 saturated carbocycles. The molecule has 0 aliphatic rings. The Hall–Kier alpha value is -3.19. The van der Waals surface area contributed by atoms with Gasteiger partial charge in [0, 0.05) is 18.3 Å². The molecule has 0 bridgehead atoms. The van der Waals surface area contributed by atoms with E-state index < -0.39 is 0 Å². The highest BCUT2D eigenvalue weighted by atomic mass is 16.5. The maximum atomic E-state index is 12.6. The molecule has 0 fully saturated rings. The smallest absolute Gasteiger partial charge is 0.275 e. The van der Waals surface area contributed by atoms with E-state index in [9.17, 15) is 4.79 Å². The van der Waals surface area contributed by atoms with Crippen LogP contribution in [0, 0.1) is 13.8 Å². The lowest BCUT2D eigenvalue weighted by Gasteiger charge is -2.13. The Balaban J connectivity index is 1.99. The van der Waals surface area contributed by atoms with Gasteiger partial charge in [-0.15, -0.1) is 0 Å². The van der Waals surface area contributed by atoms with Gasteiger partial charge in [-0.25, -0.2) is 4.98 Å². The molecule has 0 saturated heterocycles. The Bertz CT molecular complexity index is 932. The maximum Gasteiger partial charge on any atom is 0.275 e. The van der Waals surface area contributed by atoms with E-state index >= 15 is 0 Å². The number of nitrogens with one attached hydrogen (secondary N) is 1. The first-order chi connectivity index (χ1) is 12.5. The number of nitrogens with zero attached hydrogens (tertiary/aromatic N) is 2. The number of benzene rings is 1. The van der Waals surface area contributed by atoms with Crippen LogP contribution in [0.15, 0.2) is 40.9 Å². The van der Waals surface area contributed by atoms with Gasteiger partial charge in [0.05, 0.1) is 7.11 Å². The summed E-state index contributed by atoms with van der Waals surface area (Å²) in [5.41, 5.74) is 9.59. The van der Waals surface area contributed by atoms with Crippen molar-refractivity contribution in [3.8, 4) is 16.9 Å². The average Bonchev–Trinajstić information content (AvgIpc) is 3.05. The van der Waals surface area contributed by atoms with Gasteiger partial charge in [0.1, 0.15) is 17.2 Å². The quantitative estimate of drug-likeness (QED) is 0.731. The molecule has 26 heavy (non-hydrogen) atoms. The van der Waals surface area contributed by atoms with Gasteiger partial charge in [-0.2, -0.15) is 0 Å². The van der Waals surface area contributed by atoms with Gasteiger partial charge in [0.2, 0.25) is 0 Å². The number of ether oxygens (including phenoxy) is 1. The summed E-state index contributed by atoms with van der Waals surface area (Å²) in [6.45, 7) is 3.92. The molecular formula is C19H20N4O3. The van der Waals surface area contributed by atoms with Crippen LogP contribution in [0.2, 0.25) is 0 Å². The van der Waals surface area contributed by atoms with E-state index in [1.807, 2.05) is 31.2 Å². The van der Waals surface area contributed by atoms with Gasteiger partial charge in [0.15, 0.2) is 5.82 Å². The molecule has 2 aromatic heterocycles. The Morgan fingerprint density at radius 1 is 1.23 bits per heavy atom. The monoisotopic (exact) mass is 352 g/mol. The van der Waals surface area contributed by atoms with Crippen molar-refractivity contribution in [2.24, 2.45) is 5.73 Å². The van der Waals surface area contributed by atoms with Crippen LogP contribution in [-0.2, 0) is 6.54 Å². The highest BCUT2D eigenvalue weighted by molar-refractivity contribution is 6.03. The predicted molar refractivity (Wildman–Crippen MR) is 98.0 cm³/mol. The third-order valence-electron chi connectivity index (χ3n) is 4.04. The molecule has 7 heteroatoms. The number of hydrogen-bond donors (Lipinski definition) is 2. The molecule has 3 rings (SSSR count). The van der Waals surface area contributed by atoms with Crippen molar-refractivity contribution in [3.63, 3.8) is 0 Å². The Kier molecular flexibility index (Phi) is 4.99. The van der Waals surface area contributed by atoms with Crippen LogP contribution < -0.4 is 15.8 Å². The third kappa shape index (κ3) is 3.57. The van der Waals surface area contributed by atoms with Crippen molar-refractivity contribution >= 4 is 11.7 Å². The third-order valence-corrected chi connectivity index (χ3v) is 4.04. The first-order valence-electron chi connectivity index (χ1n) is 8.11. The van der Waals surface area contributed by atoms with Crippen molar-refractivity contribution < 1.29 is 14.1 Å². The second-order valence-corrected chi connectivity index (χ2v) is 5.83. The largest absolute Gasteiger partial charge is 0.497 e. The maximum absolute atomic E-state index is 12.6. The van der Waals surface area contributed by atoms with Crippen molar-refractivity contribution in [3.05, 3.63) is 59.1 Å². The molecule has 3 aromatic rings. The number of methoxy groups -OCH3 is 1. The Morgan fingerprint density at radius 3 is 2.54 bits per heavy atom. The lowest BCUT2D eigenvalue weighted by Crippen LogP contribution is -2.16. The summed E-state index contributed by atoms with van der Waals surface area (Å²) < 4.78 is 10.2. The molecule has 0 aliphatic carbocycles. The summed E-state index contributed by atoms with van der Waals surface area (Å²) in [7, 11) is 1.62. The number of nitrogens with two attached hydrogens (primary N) is 1. The number of rotatable bonds is 5. The minimum Gasteiger partial charge on any atom is -0.497 e. The number of carbonyl (C=O) groups is 1. The van der Waals surface area contributed by atoms with E-state index in [0.29, 0.717) is 23.8 Å². The SMILES string of the molecule is COc1ccc(-c2cc(C(=O)Nc3cc(C)on3)nc(C)c2CN)cc1. The van der Waals surface area contributed by atoms with Gasteiger partial charge >= 0.3 is 0 Å². The van der Waals surface area contributed by atoms with Gasteiger partial charge in [-0.1, -0.05) is 17.3 Å². The second-order valence-electron chi connectivity index (χ2n) is 5.83. The van der Waals surface area contributed by atoms with Crippen LogP contribution in [0.3, 0.4) is 0 Å². The van der Waals surface area contributed by atoms with Crippen molar-refractivity contribution in [2.45, 2.75) is 20.4 Å². The van der Waals surface area contributed by atoms with Gasteiger partial charge in [0.25, 0.3) is 5.91 Å². The van der Waals surface area contributed by atoms with E-state index in [4.69, 9.17) is 15.0 Å². The Morgan fingerprint density at radius 2 is 1.96 bits per heavy atom. The molecule has 3 N–H and O–H groups in total. The topological polar surface area (TPSA) is 103 Å². The van der Waals surface area contributed by atoms with Crippen molar-refractivity contribution in [2.75, 3.05) is 12.4 Å². The summed E-state index contributed by atoms with van der Waals surface area (Å²) in [6, 6.07) is 11.0. The lowest BCUT2D eigenvalue weighted by atomic mass is 9.98. The molecule has 0 radical (unpaired) electrons. The zero-order valence-corrected chi connectivity index (χ0v) is 14.9. The fraction of sp³-hybridized carbons (Fsp3) is 0.211. The minimum atomic E-state index is -0.361. The number of amides is 1. The molecule has 7 nitrogen and oxygen atoms in total. The predicted octanol–water partition coefficient (Wildman–Crippen LogP) is 3.07. The lowest BCUT2D eigenvalue weighted by molar-refractivity contribution is 0.102. The molecular weight excluding hydrogens is 332 g/mol. The van der Waals surface area contributed by atoms with Gasteiger partial charge in [-0.3, -0.25) is 4.79 Å². The van der Waals surface area contributed by atoms with Crippen LogP contribution in [0.25, 0.3) is 11.1 Å². The molecule has 2 heterocycles. The second kappa shape index (κ2) is 7.37. The number of pyridine rings is 1. The van der Waals surface area contributed by atoms with Crippen molar-refractivity contribution in [1.29, 1.82) is 0 Å². The number of anilines is 1. The van der Waals surface area contributed by atoms with Crippen molar-refractivity contribution in [1.82, 2.24) is 10.1 Å². The first-order valence-corrected chi connectivity index (χ1v) is 8.11. The Labute approximate surface area is 151 Å². The minimum absolute atomic E-state index is 0.283. The highest BCUT2D eigenvalue weighted by Gasteiger charge is 2.16. The zero-order chi connectivity index (χ0) is 18.7. The average molecular weight is 352 g/mol. The van der Waals surface area contributed by atoms with E-state index in [1.165, 1.54) is 0 Å². The van der Waals surface area contributed by atoms with Crippen LogP contribution in [-0.4, -0.2) is 23.2 Å². The fourth-order valence-electron chi connectivity index (χ4n) is 2.71. The normalized spacial score (nSPS) is 10.6. The summed E-state index contributed by atoms with van der Waals surface area (Å²) in [5, 5.41) is 6.45. The molecule has 0 aliphatic heterocycles. The summed E-state index contributed by atoms with van der Waals surface area (Å²) in [6.07, 6.45) is 0.